The zero-order chi connectivity index (χ0) is 16.5. The highest BCUT2D eigenvalue weighted by Gasteiger charge is 2.20. The summed E-state index contributed by atoms with van der Waals surface area (Å²) in [4.78, 5) is 23.0. The van der Waals surface area contributed by atoms with Crippen LogP contribution in [-0.4, -0.2) is 33.2 Å². The molecule has 0 bridgehead atoms. The highest BCUT2D eigenvalue weighted by atomic mass is 16.4. The highest BCUT2D eigenvalue weighted by Crippen LogP contribution is 2.25. The van der Waals surface area contributed by atoms with E-state index in [1.807, 2.05) is 0 Å². The maximum atomic E-state index is 11.8. The van der Waals surface area contributed by atoms with Crippen molar-refractivity contribution in [1.82, 2.24) is 5.32 Å². The van der Waals surface area contributed by atoms with E-state index in [4.69, 9.17) is 0 Å². The average molecular weight is 309 g/mol. The molecule has 0 saturated carbocycles. The van der Waals surface area contributed by atoms with Crippen molar-refractivity contribution in [1.29, 1.82) is 0 Å². The van der Waals surface area contributed by atoms with Crippen LogP contribution in [0.5, 0.6) is 11.5 Å². The predicted molar refractivity (Wildman–Crippen MR) is 81.8 cm³/mol. The van der Waals surface area contributed by atoms with E-state index in [1.165, 1.54) is 18.2 Å². The molecule has 22 heavy (non-hydrogen) atoms. The molecule has 0 radical (unpaired) electrons. The van der Waals surface area contributed by atoms with E-state index in [2.05, 4.69) is 12.2 Å². The minimum Gasteiger partial charge on any atom is -0.504 e. The van der Waals surface area contributed by atoms with Gasteiger partial charge in [-0.25, -0.2) is 4.79 Å². The Hall–Kier alpha value is -2.24. The van der Waals surface area contributed by atoms with E-state index in [-0.39, 0.29) is 23.8 Å². The summed E-state index contributed by atoms with van der Waals surface area (Å²) in [5.74, 6) is -2.00. The molecule has 0 aliphatic heterocycles. The number of phenols is 2. The number of carboxylic acids is 1. The summed E-state index contributed by atoms with van der Waals surface area (Å²) < 4.78 is 0. The van der Waals surface area contributed by atoms with Crippen LogP contribution in [0, 0.1) is 0 Å². The number of aromatic hydroxyl groups is 2. The minimum absolute atomic E-state index is 0.0455. The molecule has 1 amide bonds. The molecule has 0 aliphatic rings. The number of aliphatic carboxylic acids is 1. The highest BCUT2D eigenvalue weighted by molar-refractivity contribution is 5.83. The first-order valence-corrected chi connectivity index (χ1v) is 7.47. The Bertz CT molecular complexity index is 515. The Kier molecular flexibility index (Phi) is 7.22. The molecule has 122 valence electrons. The molecule has 1 atom stereocenters. The lowest BCUT2D eigenvalue weighted by Crippen LogP contribution is -2.42. The lowest BCUT2D eigenvalue weighted by molar-refractivity contribution is -0.141. The molecule has 1 rings (SSSR count). The van der Waals surface area contributed by atoms with E-state index in [0.29, 0.717) is 12.0 Å². The molecule has 1 aromatic rings. The monoisotopic (exact) mass is 309 g/mol. The molecule has 6 heteroatoms. The Labute approximate surface area is 129 Å². The first-order valence-electron chi connectivity index (χ1n) is 7.47. The van der Waals surface area contributed by atoms with Gasteiger partial charge >= 0.3 is 5.97 Å². The van der Waals surface area contributed by atoms with Gasteiger partial charge < -0.3 is 20.6 Å². The first kappa shape index (κ1) is 17.8. The minimum atomic E-state index is -1.13. The largest absolute Gasteiger partial charge is 0.504 e. The zero-order valence-electron chi connectivity index (χ0n) is 12.7. The molecule has 0 fully saturated rings. The van der Waals surface area contributed by atoms with Crippen LogP contribution in [0.2, 0.25) is 0 Å². The van der Waals surface area contributed by atoms with Gasteiger partial charge in [0.25, 0.3) is 0 Å². The number of carbonyl (C=O) groups excluding carboxylic acids is 1. The molecule has 0 saturated heterocycles. The number of phenolic OH excluding ortho intramolecular Hbond substituents is 2. The number of carboxylic acid groups (broad SMARTS) is 1. The zero-order valence-corrected chi connectivity index (χ0v) is 12.7. The van der Waals surface area contributed by atoms with Crippen molar-refractivity contribution in [3.8, 4) is 11.5 Å². The van der Waals surface area contributed by atoms with Gasteiger partial charge in [0.15, 0.2) is 11.5 Å². The van der Waals surface area contributed by atoms with E-state index in [9.17, 15) is 24.9 Å². The van der Waals surface area contributed by atoms with E-state index in [1.54, 1.807) is 0 Å². The third kappa shape index (κ3) is 6.03. The SMILES string of the molecule is CCCCCCC(=O)N[C@@H](Cc1ccc(O)c(O)c1)C(=O)O. The molecule has 0 spiro atoms. The van der Waals surface area contributed by atoms with E-state index in [0.717, 1.165) is 25.7 Å². The molecule has 0 aliphatic carbocycles. The number of hydrogen-bond donors (Lipinski definition) is 4. The molecule has 0 heterocycles. The number of carbonyl (C=O) groups is 2. The topological polar surface area (TPSA) is 107 Å². The number of nitrogens with one attached hydrogen (secondary N) is 1. The summed E-state index contributed by atoms with van der Waals surface area (Å²) in [6, 6.07) is 3.04. The fourth-order valence-electron chi connectivity index (χ4n) is 2.11. The Morgan fingerprint density at radius 1 is 1.14 bits per heavy atom. The quantitative estimate of drug-likeness (QED) is 0.413. The van der Waals surface area contributed by atoms with Gasteiger partial charge in [0.05, 0.1) is 0 Å². The molecule has 0 unspecified atom stereocenters. The van der Waals surface area contributed by atoms with Crippen molar-refractivity contribution >= 4 is 11.9 Å². The van der Waals surface area contributed by atoms with Crippen LogP contribution in [0.15, 0.2) is 18.2 Å². The second kappa shape index (κ2) is 8.92. The summed E-state index contributed by atoms with van der Waals surface area (Å²) in [6.07, 6.45) is 4.18. The molecule has 0 aromatic heterocycles. The van der Waals surface area contributed by atoms with E-state index < -0.39 is 12.0 Å². The lowest BCUT2D eigenvalue weighted by Gasteiger charge is -2.15. The van der Waals surface area contributed by atoms with Gasteiger partial charge in [0.2, 0.25) is 5.91 Å². The maximum absolute atomic E-state index is 11.8. The van der Waals surface area contributed by atoms with E-state index >= 15 is 0 Å². The van der Waals surface area contributed by atoms with Crippen molar-refractivity contribution in [2.75, 3.05) is 0 Å². The summed E-state index contributed by atoms with van der Waals surface area (Å²) in [7, 11) is 0. The Morgan fingerprint density at radius 2 is 1.86 bits per heavy atom. The summed E-state index contributed by atoms with van der Waals surface area (Å²) >= 11 is 0. The van der Waals surface area contributed by atoms with Gasteiger partial charge in [0, 0.05) is 12.8 Å². The van der Waals surface area contributed by atoms with Gasteiger partial charge in [0.1, 0.15) is 6.04 Å². The lowest BCUT2D eigenvalue weighted by atomic mass is 10.0. The summed E-state index contributed by atoms with van der Waals surface area (Å²) in [5, 5.41) is 30.3. The van der Waals surface area contributed by atoms with Crippen molar-refractivity contribution in [2.24, 2.45) is 0 Å². The van der Waals surface area contributed by atoms with Gasteiger partial charge in [-0.2, -0.15) is 0 Å². The normalized spacial score (nSPS) is 11.9. The fraction of sp³-hybridized carbons (Fsp3) is 0.500. The molecular weight excluding hydrogens is 286 g/mol. The smallest absolute Gasteiger partial charge is 0.326 e. The number of unbranched alkanes of at least 4 members (excludes halogenated alkanes) is 3. The van der Waals surface area contributed by atoms with Crippen molar-refractivity contribution in [3.63, 3.8) is 0 Å². The van der Waals surface area contributed by atoms with Crippen molar-refractivity contribution < 1.29 is 24.9 Å². The standard InChI is InChI=1S/C16H23NO5/c1-2-3-4-5-6-15(20)17-12(16(21)22)9-11-7-8-13(18)14(19)10-11/h7-8,10,12,18-19H,2-6,9H2,1H3,(H,17,20)(H,21,22)/t12-/m0/s1. The average Bonchev–Trinajstić information content (AvgIpc) is 2.46. The van der Waals surface area contributed by atoms with Gasteiger partial charge in [-0.3, -0.25) is 4.79 Å². The van der Waals surface area contributed by atoms with Crippen LogP contribution in [0.25, 0.3) is 0 Å². The summed E-state index contributed by atoms with van der Waals surface area (Å²) in [5.41, 5.74) is 0.522. The first-order chi connectivity index (χ1) is 10.4. The third-order valence-electron chi connectivity index (χ3n) is 3.37. The van der Waals surface area contributed by atoms with Crippen LogP contribution < -0.4 is 5.32 Å². The number of benzene rings is 1. The molecule has 4 N–H and O–H groups in total. The van der Waals surface area contributed by atoms with Crippen LogP contribution in [-0.2, 0) is 16.0 Å². The second-order valence-corrected chi connectivity index (χ2v) is 5.30. The van der Waals surface area contributed by atoms with Gasteiger partial charge in [-0.05, 0) is 24.1 Å². The van der Waals surface area contributed by atoms with Crippen LogP contribution in [0.1, 0.15) is 44.6 Å². The molecule has 1 aromatic carbocycles. The Morgan fingerprint density at radius 3 is 2.45 bits per heavy atom. The molecule has 6 nitrogen and oxygen atoms in total. The van der Waals surface area contributed by atoms with Crippen LogP contribution in [0.3, 0.4) is 0 Å². The number of hydrogen-bond acceptors (Lipinski definition) is 4. The fourth-order valence-corrected chi connectivity index (χ4v) is 2.11. The van der Waals surface area contributed by atoms with Crippen molar-refractivity contribution in [3.05, 3.63) is 23.8 Å². The van der Waals surface area contributed by atoms with Crippen LogP contribution >= 0.6 is 0 Å². The van der Waals surface area contributed by atoms with Gasteiger partial charge in [-0.15, -0.1) is 0 Å². The predicted octanol–water partition coefficient (Wildman–Crippen LogP) is 2.18. The third-order valence-corrected chi connectivity index (χ3v) is 3.37. The Balaban J connectivity index is 2.56. The van der Waals surface area contributed by atoms with Crippen molar-refractivity contribution in [2.45, 2.75) is 51.5 Å². The van der Waals surface area contributed by atoms with Crippen LogP contribution in [0.4, 0.5) is 0 Å². The number of amides is 1. The summed E-state index contributed by atoms with van der Waals surface area (Å²) in [6.45, 7) is 2.08. The number of rotatable bonds is 9. The molecular formula is C16H23NO5. The second-order valence-electron chi connectivity index (χ2n) is 5.30. The van der Waals surface area contributed by atoms with Gasteiger partial charge in [-0.1, -0.05) is 32.3 Å². The maximum Gasteiger partial charge on any atom is 0.326 e.